The van der Waals surface area contributed by atoms with Crippen molar-refractivity contribution < 1.29 is 58.9 Å². The maximum atomic E-state index is 11.9. The molecule has 2 saturated heterocycles. The largest absolute Gasteiger partial charge is 0.479 e. The van der Waals surface area contributed by atoms with E-state index in [9.17, 15) is 44.7 Å². The standard InChI is InChI=1S/C18H29N3O12/c1-5(23)19-9-10(20-6(2)24)17(30)32-15(16(28)29)14(9)33-18-11(21-7(3)25)13(27)12(26)8(4-22)31-18/h8-15,17-18,22,26-27,30H,4H2,1-3H3,(H,19,23)(H,20,24)(H,21,25)(H,28,29)/t8-,9-,10+,11-,12-,13-,14+,15+,17+,18-/m1/s1. The summed E-state index contributed by atoms with van der Waals surface area (Å²) in [6.45, 7) is 2.59. The van der Waals surface area contributed by atoms with E-state index in [4.69, 9.17) is 14.2 Å². The van der Waals surface area contributed by atoms with Crippen molar-refractivity contribution >= 4 is 23.7 Å². The topological polar surface area (TPSA) is 233 Å². The van der Waals surface area contributed by atoms with Crippen LogP contribution in [0.4, 0.5) is 0 Å². The van der Waals surface area contributed by atoms with Crippen molar-refractivity contribution in [3.8, 4) is 0 Å². The summed E-state index contributed by atoms with van der Waals surface area (Å²) in [6, 6.07) is -4.13. The first-order valence-corrected chi connectivity index (χ1v) is 10.0. The summed E-state index contributed by atoms with van der Waals surface area (Å²) in [6.07, 6.45) is -11.7. The number of aliphatic hydroxyl groups excluding tert-OH is 4. The van der Waals surface area contributed by atoms with Crippen LogP contribution in [0.3, 0.4) is 0 Å². The lowest BCUT2D eigenvalue weighted by Gasteiger charge is -2.48. The van der Waals surface area contributed by atoms with E-state index in [1.165, 1.54) is 0 Å². The highest BCUT2D eigenvalue weighted by Crippen LogP contribution is 2.29. The molecule has 15 heteroatoms. The quantitative estimate of drug-likeness (QED) is 0.172. The third-order valence-electron chi connectivity index (χ3n) is 5.16. The van der Waals surface area contributed by atoms with E-state index < -0.39 is 91.5 Å². The van der Waals surface area contributed by atoms with Gasteiger partial charge in [-0.05, 0) is 0 Å². The van der Waals surface area contributed by atoms with Gasteiger partial charge in [0.05, 0.1) is 12.6 Å². The van der Waals surface area contributed by atoms with E-state index in [0.717, 1.165) is 20.8 Å². The number of hydrogen-bond acceptors (Lipinski definition) is 11. The Morgan fingerprint density at radius 2 is 1.33 bits per heavy atom. The summed E-state index contributed by atoms with van der Waals surface area (Å²) >= 11 is 0. The van der Waals surface area contributed by atoms with Crippen LogP contribution in [0.15, 0.2) is 0 Å². The molecule has 188 valence electrons. The fraction of sp³-hybridized carbons (Fsp3) is 0.778. The summed E-state index contributed by atoms with van der Waals surface area (Å²) < 4.78 is 16.3. The van der Waals surface area contributed by atoms with Crippen LogP contribution in [-0.4, -0.2) is 117 Å². The normalized spacial score (nSPS) is 38.8. The highest BCUT2D eigenvalue weighted by molar-refractivity contribution is 5.77. The Morgan fingerprint density at radius 3 is 1.82 bits per heavy atom. The smallest absolute Gasteiger partial charge is 0.335 e. The van der Waals surface area contributed by atoms with Gasteiger partial charge in [0, 0.05) is 20.8 Å². The van der Waals surface area contributed by atoms with Gasteiger partial charge in [0.25, 0.3) is 0 Å². The molecule has 0 unspecified atom stereocenters. The molecule has 0 spiro atoms. The second kappa shape index (κ2) is 11.1. The first-order valence-electron chi connectivity index (χ1n) is 10.0. The number of ether oxygens (including phenoxy) is 3. The maximum Gasteiger partial charge on any atom is 0.335 e. The highest BCUT2D eigenvalue weighted by atomic mass is 16.7. The van der Waals surface area contributed by atoms with Gasteiger partial charge in [-0.3, -0.25) is 14.4 Å². The zero-order valence-corrected chi connectivity index (χ0v) is 18.1. The van der Waals surface area contributed by atoms with Crippen molar-refractivity contribution in [1.82, 2.24) is 16.0 Å². The van der Waals surface area contributed by atoms with Crippen molar-refractivity contribution in [3.05, 3.63) is 0 Å². The lowest BCUT2D eigenvalue weighted by atomic mass is 9.92. The molecule has 0 bridgehead atoms. The van der Waals surface area contributed by atoms with Crippen LogP contribution in [0.2, 0.25) is 0 Å². The minimum Gasteiger partial charge on any atom is -0.479 e. The van der Waals surface area contributed by atoms with Crippen LogP contribution in [0.1, 0.15) is 20.8 Å². The van der Waals surface area contributed by atoms with Crippen LogP contribution in [0, 0.1) is 0 Å². The molecule has 33 heavy (non-hydrogen) atoms. The molecule has 2 rings (SSSR count). The van der Waals surface area contributed by atoms with Crippen molar-refractivity contribution in [3.63, 3.8) is 0 Å². The Bertz CT molecular complexity index is 751. The van der Waals surface area contributed by atoms with Gasteiger partial charge in [0.1, 0.15) is 36.5 Å². The second-order valence-electron chi connectivity index (χ2n) is 7.77. The van der Waals surface area contributed by atoms with E-state index in [0.29, 0.717) is 0 Å². The molecular formula is C18H29N3O12. The number of aliphatic carboxylic acids is 1. The van der Waals surface area contributed by atoms with Gasteiger partial charge in [0.2, 0.25) is 17.7 Å². The number of carbonyl (C=O) groups is 4. The molecule has 0 saturated carbocycles. The zero-order valence-electron chi connectivity index (χ0n) is 18.1. The van der Waals surface area contributed by atoms with Crippen LogP contribution in [0.25, 0.3) is 0 Å². The number of aliphatic hydroxyl groups is 4. The summed E-state index contributed by atoms with van der Waals surface area (Å²) in [7, 11) is 0. The highest BCUT2D eigenvalue weighted by Gasteiger charge is 2.53. The van der Waals surface area contributed by atoms with Crippen molar-refractivity contribution in [2.45, 2.75) is 82.0 Å². The third kappa shape index (κ3) is 6.35. The molecule has 15 nitrogen and oxygen atoms in total. The lowest BCUT2D eigenvalue weighted by Crippen LogP contribution is -2.72. The van der Waals surface area contributed by atoms with Crippen LogP contribution in [-0.2, 0) is 33.4 Å². The summed E-state index contributed by atoms with van der Waals surface area (Å²) in [4.78, 5) is 46.9. The summed E-state index contributed by atoms with van der Waals surface area (Å²) in [5, 5.41) is 57.0. The maximum absolute atomic E-state index is 11.9. The summed E-state index contributed by atoms with van der Waals surface area (Å²) in [5.41, 5.74) is 0. The fourth-order valence-corrected chi connectivity index (χ4v) is 3.78. The molecule has 0 aliphatic carbocycles. The molecule has 2 fully saturated rings. The molecular weight excluding hydrogens is 450 g/mol. The first kappa shape index (κ1) is 26.8. The predicted octanol–water partition coefficient (Wildman–Crippen LogP) is -4.87. The number of amides is 3. The molecule has 8 N–H and O–H groups in total. The molecule has 2 aliphatic rings. The Morgan fingerprint density at radius 1 is 0.818 bits per heavy atom. The third-order valence-corrected chi connectivity index (χ3v) is 5.16. The van der Waals surface area contributed by atoms with Gasteiger partial charge in [0.15, 0.2) is 18.7 Å². The number of rotatable bonds is 7. The molecule has 0 aromatic heterocycles. The van der Waals surface area contributed by atoms with Crippen LogP contribution in [0.5, 0.6) is 0 Å². The van der Waals surface area contributed by atoms with E-state index in [1.54, 1.807) is 0 Å². The molecule has 3 amide bonds. The SMILES string of the molecule is CC(=O)N[C@@H]1[C@H](NC(C)=O)[C@@H](O)O[C@H](C(=O)O)[C@H]1O[C@H]1O[C@H](CO)[C@@H](O)[C@H](O)[C@H]1NC(C)=O. The molecule has 2 heterocycles. The Balaban J connectivity index is 2.46. The summed E-state index contributed by atoms with van der Waals surface area (Å²) in [5.74, 6) is -3.53. The van der Waals surface area contributed by atoms with E-state index in [2.05, 4.69) is 16.0 Å². The van der Waals surface area contributed by atoms with Crippen LogP contribution >= 0.6 is 0 Å². The molecule has 10 atom stereocenters. The number of nitrogens with one attached hydrogen (secondary N) is 3. The van der Waals surface area contributed by atoms with E-state index in [-0.39, 0.29) is 0 Å². The van der Waals surface area contributed by atoms with Gasteiger partial charge >= 0.3 is 5.97 Å². The minimum absolute atomic E-state index is 0.630. The zero-order chi connectivity index (χ0) is 25.0. The van der Waals surface area contributed by atoms with Crippen molar-refractivity contribution in [2.24, 2.45) is 0 Å². The molecule has 2 aliphatic heterocycles. The second-order valence-corrected chi connectivity index (χ2v) is 7.77. The number of carboxylic acid groups (broad SMARTS) is 1. The van der Waals surface area contributed by atoms with Gasteiger partial charge < -0.3 is 55.7 Å². The predicted molar refractivity (Wildman–Crippen MR) is 104 cm³/mol. The average Bonchev–Trinajstić information content (AvgIpc) is 2.70. The molecule has 0 aromatic carbocycles. The lowest BCUT2D eigenvalue weighted by molar-refractivity contribution is -0.311. The van der Waals surface area contributed by atoms with Gasteiger partial charge in [-0.1, -0.05) is 0 Å². The Kier molecular flexibility index (Phi) is 9.07. The number of carbonyl (C=O) groups excluding carboxylic acids is 3. The van der Waals surface area contributed by atoms with E-state index in [1.807, 2.05) is 0 Å². The Labute approximate surface area is 188 Å². The van der Waals surface area contributed by atoms with Crippen LogP contribution < -0.4 is 16.0 Å². The van der Waals surface area contributed by atoms with E-state index >= 15 is 0 Å². The monoisotopic (exact) mass is 479 g/mol. The Hall–Kier alpha value is -2.40. The van der Waals surface area contributed by atoms with Gasteiger partial charge in [-0.25, -0.2) is 4.79 Å². The molecule has 0 aromatic rings. The van der Waals surface area contributed by atoms with Gasteiger partial charge in [-0.15, -0.1) is 0 Å². The average molecular weight is 479 g/mol. The van der Waals surface area contributed by atoms with Crippen molar-refractivity contribution in [1.29, 1.82) is 0 Å². The number of hydrogen-bond donors (Lipinski definition) is 8. The number of carboxylic acids is 1. The van der Waals surface area contributed by atoms with Gasteiger partial charge in [-0.2, -0.15) is 0 Å². The van der Waals surface area contributed by atoms with Crippen molar-refractivity contribution in [2.75, 3.05) is 6.61 Å². The first-order chi connectivity index (χ1) is 15.4. The minimum atomic E-state index is -1.89. The molecule has 0 radical (unpaired) electrons. The fourth-order valence-electron chi connectivity index (χ4n) is 3.78.